The van der Waals surface area contributed by atoms with Gasteiger partial charge in [0.15, 0.2) is 11.6 Å². The van der Waals surface area contributed by atoms with Crippen LogP contribution < -0.4 is 4.74 Å². The SMILES string of the molecule is CCCCC1CCC(c2ccc(-c3cc(F)c(-c4cc(F)c(OC(F)(F)F)c(F)c4)c(F)c3)cc2)CC1. The van der Waals surface area contributed by atoms with Gasteiger partial charge in [-0.25, -0.2) is 17.6 Å². The lowest BCUT2D eigenvalue weighted by Gasteiger charge is -2.29. The molecule has 0 spiro atoms. The zero-order chi connectivity index (χ0) is 26.7. The predicted octanol–water partition coefficient (Wildman–Crippen LogP) is 9.94. The van der Waals surface area contributed by atoms with Gasteiger partial charge in [0.05, 0.1) is 5.56 Å². The Hall–Kier alpha value is -3.03. The maximum absolute atomic E-state index is 14.9. The second-order valence-corrected chi connectivity index (χ2v) is 9.61. The lowest BCUT2D eigenvalue weighted by atomic mass is 9.77. The molecule has 198 valence electrons. The van der Waals surface area contributed by atoms with Crippen molar-refractivity contribution < 1.29 is 35.5 Å². The van der Waals surface area contributed by atoms with Crippen LogP contribution in [-0.2, 0) is 0 Å². The van der Waals surface area contributed by atoms with E-state index in [0.717, 1.165) is 30.9 Å². The molecule has 1 saturated carbocycles. The Labute approximate surface area is 211 Å². The molecule has 0 radical (unpaired) electrons. The van der Waals surface area contributed by atoms with Gasteiger partial charge < -0.3 is 4.74 Å². The Bertz CT molecular complexity index is 1180. The molecule has 4 rings (SSSR count). The minimum absolute atomic E-state index is 0.228. The Balaban J connectivity index is 1.53. The van der Waals surface area contributed by atoms with E-state index in [0.29, 0.717) is 23.6 Å². The number of alkyl halides is 3. The molecule has 0 bridgehead atoms. The maximum atomic E-state index is 14.9. The fourth-order valence-corrected chi connectivity index (χ4v) is 5.16. The summed E-state index contributed by atoms with van der Waals surface area (Å²) < 4.78 is 98.5. The fraction of sp³-hybridized carbons (Fsp3) is 0.379. The van der Waals surface area contributed by atoms with E-state index in [2.05, 4.69) is 11.7 Å². The number of hydrogen-bond donors (Lipinski definition) is 0. The van der Waals surface area contributed by atoms with Crippen LogP contribution in [0.1, 0.15) is 63.4 Å². The highest BCUT2D eigenvalue weighted by Gasteiger charge is 2.34. The first-order chi connectivity index (χ1) is 17.6. The van der Waals surface area contributed by atoms with Crippen LogP contribution in [0.15, 0.2) is 48.5 Å². The average Bonchev–Trinajstić information content (AvgIpc) is 2.84. The molecule has 0 atom stereocenters. The Morgan fingerprint density at radius 2 is 1.27 bits per heavy atom. The largest absolute Gasteiger partial charge is 0.573 e. The van der Waals surface area contributed by atoms with Crippen molar-refractivity contribution in [1.29, 1.82) is 0 Å². The van der Waals surface area contributed by atoms with Gasteiger partial charge >= 0.3 is 6.36 Å². The van der Waals surface area contributed by atoms with Crippen LogP contribution in [0, 0.1) is 29.2 Å². The monoisotopic (exact) mass is 524 g/mol. The van der Waals surface area contributed by atoms with E-state index in [1.54, 1.807) is 12.1 Å². The molecule has 1 aliphatic carbocycles. The van der Waals surface area contributed by atoms with Crippen molar-refractivity contribution in [1.82, 2.24) is 0 Å². The van der Waals surface area contributed by atoms with Crippen molar-refractivity contribution in [3.8, 4) is 28.0 Å². The summed E-state index contributed by atoms with van der Waals surface area (Å²) in [5, 5.41) is 0. The molecule has 3 aromatic carbocycles. The summed E-state index contributed by atoms with van der Waals surface area (Å²) >= 11 is 0. The molecule has 8 heteroatoms. The van der Waals surface area contributed by atoms with Crippen LogP contribution in [0.4, 0.5) is 30.7 Å². The number of hydrogen-bond acceptors (Lipinski definition) is 1. The summed E-state index contributed by atoms with van der Waals surface area (Å²) in [6.07, 6.45) is 3.06. The molecule has 1 aliphatic rings. The first kappa shape index (κ1) is 27.0. The third-order valence-corrected chi connectivity index (χ3v) is 7.07. The van der Waals surface area contributed by atoms with Crippen molar-refractivity contribution in [3.05, 3.63) is 77.4 Å². The Kier molecular flexibility index (Phi) is 8.14. The van der Waals surface area contributed by atoms with E-state index in [-0.39, 0.29) is 5.56 Å². The minimum atomic E-state index is -5.33. The number of rotatable bonds is 7. The van der Waals surface area contributed by atoms with Crippen molar-refractivity contribution in [2.45, 2.75) is 64.1 Å². The Morgan fingerprint density at radius 1 is 0.730 bits per heavy atom. The molecule has 0 heterocycles. The minimum Gasteiger partial charge on any atom is -0.399 e. The van der Waals surface area contributed by atoms with Crippen molar-refractivity contribution >= 4 is 0 Å². The summed E-state index contributed by atoms with van der Waals surface area (Å²) in [6.45, 7) is 2.20. The van der Waals surface area contributed by atoms with Gasteiger partial charge in [-0.2, -0.15) is 0 Å². The molecular formula is C29H27F7O. The summed E-state index contributed by atoms with van der Waals surface area (Å²) in [5.74, 6) is -6.12. The predicted molar refractivity (Wildman–Crippen MR) is 128 cm³/mol. The lowest BCUT2D eigenvalue weighted by Crippen LogP contribution is -2.19. The highest BCUT2D eigenvalue weighted by Crippen LogP contribution is 2.39. The summed E-state index contributed by atoms with van der Waals surface area (Å²) in [5.41, 5.74) is 0.637. The van der Waals surface area contributed by atoms with Crippen LogP contribution in [0.3, 0.4) is 0 Å². The van der Waals surface area contributed by atoms with Crippen LogP contribution >= 0.6 is 0 Å². The van der Waals surface area contributed by atoms with Crippen LogP contribution in [0.5, 0.6) is 5.75 Å². The first-order valence-electron chi connectivity index (χ1n) is 12.4. The third-order valence-electron chi connectivity index (χ3n) is 7.07. The number of halogens is 7. The molecule has 0 amide bonds. The normalized spacial score (nSPS) is 18.2. The molecule has 1 nitrogen and oxygen atoms in total. The number of benzene rings is 3. The molecule has 0 unspecified atom stereocenters. The zero-order valence-electron chi connectivity index (χ0n) is 20.3. The molecule has 3 aromatic rings. The van der Waals surface area contributed by atoms with Gasteiger partial charge in [0.2, 0.25) is 5.75 Å². The molecule has 0 aliphatic heterocycles. The standard InChI is InChI=1S/C29H27F7O/c1-2-3-4-17-5-7-18(8-6-17)19-9-11-20(12-10-19)21-13-23(30)27(24(31)14-21)22-15-25(32)28(26(33)16-22)37-29(34,35)36/h9-18H,2-8H2,1H3. The fourth-order valence-electron chi connectivity index (χ4n) is 5.16. The second-order valence-electron chi connectivity index (χ2n) is 9.61. The maximum Gasteiger partial charge on any atom is 0.573 e. The molecular weight excluding hydrogens is 497 g/mol. The van der Waals surface area contributed by atoms with Crippen LogP contribution in [0.2, 0.25) is 0 Å². The average molecular weight is 525 g/mol. The highest BCUT2D eigenvalue weighted by molar-refractivity contribution is 5.72. The first-order valence-corrected chi connectivity index (χ1v) is 12.4. The third kappa shape index (κ3) is 6.46. The van der Waals surface area contributed by atoms with Gasteiger partial charge in [-0.3, -0.25) is 0 Å². The van der Waals surface area contributed by atoms with E-state index >= 15 is 0 Å². The zero-order valence-corrected chi connectivity index (χ0v) is 20.3. The Morgan fingerprint density at radius 3 is 1.78 bits per heavy atom. The van der Waals surface area contributed by atoms with E-state index in [4.69, 9.17) is 0 Å². The van der Waals surface area contributed by atoms with E-state index in [1.807, 2.05) is 12.1 Å². The van der Waals surface area contributed by atoms with Gasteiger partial charge in [0, 0.05) is 0 Å². The number of unbranched alkanes of at least 4 members (excludes halogenated alkanes) is 1. The van der Waals surface area contributed by atoms with Crippen molar-refractivity contribution in [2.24, 2.45) is 5.92 Å². The smallest absolute Gasteiger partial charge is 0.399 e. The lowest BCUT2D eigenvalue weighted by molar-refractivity contribution is -0.276. The van der Waals surface area contributed by atoms with Gasteiger partial charge in [0.1, 0.15) is 11.6 Å². The van der Waals surface area contributed by atoms with Crippen LogP contribution in [0.25, 0.3) is 22.3 Å². The molecule has 0 saturated heterocycles. The number of ether oxygens (including phenoxy) is 1. The van der Waals surface area contributed by atoms with Crippen LogP contribution in [-0.4, -0.2) is 6.36 Å². The molecule has 0 N–H and O–H groups in total. The van der Waals surface area contributed by atoms with Crippen molar-refractivity contribution in [3.63, 3.8) is 0 Å². The van der Waals surface area contributed by atoms with E-state index < -0.39 is 46.5 Å². The van der Waals surface area contributed by atoms with E-state index in [9.17, 15) is 30.7 Å². The van der Waals surface area contributed by atoms with Gasteiger partial charge in [-0.15, -0.1) is 13.2 Å². The molecule has 37 heavy (non-hydrogen) atoms. The summed E-state index contributed by atoms with van der Waals surface area (Å²) in [7, 11) is 0. The molecule has 1 fully saturated rings. The van der Waals surface area contributed by atoms with Gasteiger partial charge in [0.25, 0.3) is 0 Å². The van der Waals surface area contributed by atoms with E-state index in [1.165, 1.54) is 37.7 Å². The summed E-state index contributed by atoms with van der Waals surface area (Å²) in [4.78, 5) is 0. The van der Waals surface area contributed by atoms with Crippen molar-refractivity contribution in [2.75, 3.05) is 0 Å². The second kappa shape index (κ2) is 11.2. The molecule has 0 aromatic heterocycles. The topological polar surface area (TPSA) is 9.23 Å². The highest BCUT2D eigenvalue weighted by atomic mass is 19.4. The van der Waals surface area contributed by atoms with Gasteiger partial charge in [-0.1, -0.05) is 50.5 Å². The summed E-state index contributed by atoms with van der Waals surface area (Å²) in [6, 6.07) is 10.4. The quantitative estimate of drug-likeness (QED) is 0.280. The van der Waals surface area contributed by atoms with Gasteiger partial charge in [-0.05, 0) is 84.0 Å².